The summed E-state index contributed by atoms with van der Waals surface area (Å²) in [5.74, 6) is 1.33. The molecule has 0 aliphatic heterocycles. The first-order valence-corrected chi connectivity index (χ1v) is 10.0. The second-order valence-corrected chi connectivity index (χ2v) is 7.87. The maximum Gasteiger partial charge on any atom is 0.258 e. The van der Waals surface area contributed by atoms with Crippen molar-refractivity contribution in [1.82, 2.24) is 35.1 Å². The fourth-order valence-electron chi connectivity index (χ4n) is 4.26. The predicted octanol–water partition coefficient (Wildman–Crippen LogP) is 2.56. The van der Waals surface area contributed by atoms with Gasteiger partial charge in [0.2, 0.25) is 11.7 Å². The number of H-pyrrole nitrogens is 1. The van der Waals surface area contributed by atoms with E-state index in [9.17, 15) is 4.79 Å². The summed E-state index contributed by atoms with van der Waals surface area (Å²) in [6.45, 7) is 0. The second kappa shape index (κ2) is 6.33. The van der Waals surface area contributed by atoms with Crippen molar-refractivity contribution >= 4 is 10.9 Å². The molecule has 0 spiro atoms. The monoisotopic (exact) mass is 389 g/mol. The highest BCUT2D eigenvalue weighted by Gasteiger charge is 2.32. The summed E-state index contributed by atoms with van der Waals surface area (Å²) in [6.07, 6.45) is 7.67. The molecule has 1 fully saturated rings. The van der Waals surface area contributed by atoms with Gasteiger partial charge in [-0.3, -0.25) is 4.79 Å². The maximum absolute atomic E-state index is 11.9. The van der Waals surface area contributed by atoms with E-state index in [1.54, 1.807) is 6.07 Å². The van der Waals surface area contributed by atoms with Gasteiger partial charge < -0.3 is 9.51 Å². The highest BCUT2D eigenvalue weighted by molar-refractivity contribution is 5.81. The van der Waals surface area contributed by atoms with Gasteiger partial charge in [0.05, 0.1) is 34.7 Å². The number of nitrogens with zero attached hydrogens (tertiary/aromatic N) is 6. The Morgan fingerprint density at radius 3 is 3.00 bits per heavy atom. The van der Waals surface area contributed by atoms with Crippen LogP contribution in [0.2, 0.25) is 0 Å². The first kappa shape index (κ1) is 16.6. The van der Waals surface area contributed by atoms with Gasteiger partial charge in [-0.25, -0.2) is 9.67 Å². The highest BCUT2D eigenvalue weighted by Crippen LogP contribution is 2.37. The van der Waals surface area contributed by atoms with E-state index in [4.69, 9.17) is 4.52 Å². The molecule has 2 aliphatic carbocycles. The first-order chi connectivity index (χ1) is 14.3. The van der Waals surface area contributed by atoms with Crippen molar-refractivity contribution in [2.24, 2.45) is 0 Å². The average molecular weight is 389 g/mol. The third-order valence-corrected chi connectivity index (χ3v) is 6.15. The lowest BCUT2D eigenvalue weighted by molar-refractivity contribution is 0.271. The van der Waals surface area contributed by atoms with Crippen molar-refractivity contribution in [2.75, 3.05) is 0 Å². The number of aromatic nitrogens is 7. The van der Waals surface area contributed by atoms with E-state index in [-0.39, 0.29) is 11.5 Å². The van der Waals surface area contributed by atoms with Crippen molar-refractivity contribution in [3.8, 4) is 11.4 Å². The van der Waals surface area contributed by atoms with Crippen molar-refractivity contribution in [2.45, 2.75) is 50.5 Å². The minimum atomic E-state index is -0.162. The molecular weight excluding hydrogens is 370 g/mol. The molecule has 4 aromatic rings. The minimum absolute atomic E-state index is 0.162. The SMILES string of the molecule is O=c1[nH]cnc2cc(-c3noc(C4CCc5nnn(C6CCC6)c5C4)n3)ccc12. The van der Waals surface area contributed by atoms with Crippen LogP contribution in [0.25, 0.3) is 22.3 Å². The van der Waals surface area contributed by atoms with Crippen LogP contribution in [0.15, 0.2) is 33.8 Å². The molecule has 3 aromatic heterocycles. The number of fused-ring (bicyclic) bond motifs is 2. The molecule has 1 atom stereocenters. The van der Waals surface area contributed by atoms with E-state index in [2.05, 4.69) is 35.1 Å². The summed E-state index contributed by atoms with van der Waals surface area (Å²) in [5, 5.41) is 13.5. The Labute approximate surface area is 165 Å². The van der Waals surface area contributed by atoms with Crippen LogP contribution in [0.4, 0.5) is 0 Å². The number of aryl methyl sites for hydroxylation is 1. The van der Waals surface area contributed by atoms with Crippen LogP contribution in [0, 0.1) is 0 Å². The smallest absolute Gasteiger partial charge is 0.258 e. The molecule has 146 valence electrons. The molecule has 29 heavy (non-hydrogen) atoms. The van der Waals surface area contributed by atoms with Crippen LogP contribution in [-0.2, 0) is 12.8 Å². The Balaban J connectivity index is 1.30. The second-order valence-electron chi connectivity index (χ2n) is 7.87. The Bertz CT molecular complexity index is 1270. The van der Waals surface area contributed by atoms with Gasteiger partial charge in [-0.2, -0.15) is 4.98 Å². The zero-order chi connectivity index (χ0) is 19.4. The van der Waals surface area contributed by atoms with Gasteiger partial charge >= 0.3 is 0 Å². The minimum Gasteiger partial charge on any atom is -0.339 e. The number of benzene rings is 1. The number of nitrogens with one attached hydrogen (secondary N) is 1. The molecule has 3 heterocycles. The third kappa shape index (κ3) is 2.68. The first-order valence-electron chi connectivity index (χ1n) is 10.0. The van der Waals surface area contributed by atoms with E-state index in [0.29, 0.717) is 28.7 Å². The largest absolute Gasteiger partial charge is 0.339 e. The van der Waals surface area contributed by atoms with Gasteiger partial charge in [0.1, 0.15) is 0 Å². The molecule has 9 heteroatoms. The number of aromatic amines is 1. The topological polar surface area (TPSA) is 115 Å². The summed E-state index contributed by atoms with van der Waals surface area (Å²) in [4.78, 5) is 23.3. The number of rotatable bonds is 3. The molecule has 0 bridgehead atoms. The molecule has 1 saturated carbocycles. The quantitative estimate of drug-likeness (QED) is 0.572. The molecular formula is C20H19N7O2. The van der Waals surface area contributed by atoms with E-state index in [0.717, 1.165) is 30.5 Å². The van der Waals surface area contributed by atoms with E-state index in [1.807, 2.05) is 12.1 Å². The molecule has 6 rings (SSSR count). The lowest BCUT2D eigenvalue weighted by atomic mass is 9.87. The summed E-state index contributed by atoms with van der Waals surface area (Å²) in [7, 11) is 0. The van der Waals surface area contributed by atoms with Crippen molar-refractivity contribution in [1.29, 1.82) is 0 Å². The van der Waals surface area contributed by atoms with Crippen molar-refractivity contribution in [3.63, 3.8) is 0 Å². The van der Waals surface area contributed by atoms with Crippen molar-refractivity contribution < 1.29 is 4.52 Å². The van der Waals surface area contributed by atoms with E-state index < -0.39 is 0 Å². The lowest BCUT2D eigenvalue weighted by Crippen LogP contribution is -2.23. The van der Waals surface area contributed by atoms with Gasteiger partial charge in [-0.1, -0.05) is 16.4 Å². The predicted molar refractivity (Wildman–Crippen MR) is 103 cm³/mol. The van der Waals surface area contributed by atoms with Gasteiger partial charge in [-0.05, 0) is 44.2 Å². The Morgan fingerprint density at radius 2 is 2.14 bits per heavy atom. The van der Waals surface area contributed by atoms with Gasteiger partial charge in [-0.15, -0.1) is 5.10 Å². The van der Waals surface area contributed by atoms with Crippen LogP contribution < -0.4 is 5.56 Å². The highest BCUT2D eigenvalue weighted by atomic mass is 16.5. The maximum atomic E-state index is 11.9. The standard InChI is InChI=1S/C20H19N7O2/c28-19-14-6-4-11(8-16(14)21-10-22-19)18-23-20(29-25-18)12-5-7-15-17(9-12)27(26-24-15)13-2-1-3-13/h4,6,8,10,12-13H,1-3,5,7,9H2,(H,21,22,28). The van der Waals surface area contributed by atoms with Gasteiger partial charge in [0, 0.05) is 17.9 Å². The molecule has 2 aliphatic rings. The van der Waals surface area contributed by atoms with Crippen LogP contribution in [0.5, 0.6) is 0 Å². The Kier molecular flexibility index (Phi) is 3.62. The lowest BCUT2D eigenvalue weighted by Gasteiger charge is -2.28. The number of hydrogen-bond donors (Lipinski definition) is 1. The molecule has 1 unspecified atom stereocenters. The fourth-order valence-corrected chi connectivity index (χ4v) is 4.26. The molecule has 9 nitrogen and oxygen atoms in total. The van der Waals surface area contributed by atoms with Gasteiger partial charge in [0.15, 0.2) is 0 Å². The zero-order valence-corrected chi connectivity index (χ0v) is 15.7. The van der Waals surface area contributed by atoms with Crippen LogP contribution >= 0.6 is 0 Å². The Hall–Kier alpha value is -3.36. The van der Waals surface area contributed by atoms with E-state index >= 15 is 0 Å². The third-order valence-electron chi connectivity index (χ3n) is 6.15. The number of hydrogen-bond acceptors (Lipinski definition) is 7. The molecule has 0 saturated heterocycles. The molecule has 1 aromatic carbocycles. The normalized spacial score (nSPS) is 19.2. The molecule has 0 amide bonds. The Morgan fingerprint density at radius 1 is 1.21 bits per heavy atom. The van der Waals surface area contributed by atoms with Crippen LogP contribution in [0.3, 0.4) is 0 Å². The summed E-state index contributed by atoms with van der Waals surface area (Å²) in [6, 6.07) is 5.87. The zero-order valence-electron chi connectivity index (χ0n) is 15.7. The van der Waals surface area contributed by atoms with E-state index in [1.165, 1.54) is 31.3 Å². The summed E-state index contributed by atoms with van der Waals surface area (Å²) in [5.41, 5.74) is 3.56. The molecule has 0 radical (unpaired) electrons. The molecule has 1 N–H and O–H groups in total. The fraction of sp³-hybridized carbons (Fsp3) is 0.400. The van der Waals surface area contributed by atoms with Crippen LogP contribution in [-0.4, -0.2) is 35.1 Å². The van der Waals surface area contributed by atoms with Crippen molar-refractivity contribution in [3.05, 3.63) is 52.2 Å². The van der Waals surface area contributed by atoms with Crippen LogP contribution in [0.1, 0.15) is 54.9 Å². The van der Waals surface area contributed by atoms with Gasteiger partial charge in [0.25, 0.3) is 5.56 Å². The average Bonchev–Trinajstić information content (AvgIpc) is 3.34. The summed E-state index contributed by atoms with van der Waals surface area (Å²) >= 11 is 0. The summed E-state index contributed by atoms with van der Waals surface area (Å²) < 4.78 is 7.75.